The molecule has 0 radical (unpaired) electrons. The quantitative estimate of drug-likeness (QED) is 0.748. The maximum absolute atomic E-state index is 11.8. The first kappa shape index (κ1) is 16.9. The normalized spacial score (nSPS) is 25.9. The van der Waals surface area contributed by atoms with Crippen LogP contribution in [0.1, 0.15) is 33.6 Å². The van der Waals surface area contributed by atoms with E-state index in [1.165, 1.54) is 7.11 Å². The molecule has 0 spiro atoms. The minimum atomic E-state index is -3.33. The molecule has 0 heterocycles. The molecule has 0 aliphatic heterocycles. The van der Waals surface area contributed by atoms with Crippen molar-refractivity contribution in [1.82, 2.24) is 5.32 Å². The highest BCUT2D eigenvalue weighted by atomic mass is 32.2. The van der Waals surface area contributed by atoms with Gasteiger partial charge in [0.15, 0.2) is 9.84 Å². The summed E-state index contributed by atoms with van der Waals surface area (Å²) in [6.45, 7) is 5.80. The van der Waals surface area contributed by atoms with Gasteiger partial charge < -0.3 is 10.1 Å². The average Bonchev–Trinajstić information content (AvgIpc) is 2.99. The van der Waals surface area contributed by atoms with Crippen molar-refractivity contribution in [3.63, 3.8) is 0 Å². The van der Waals surface area contributed by atoms with Crippen molar-refractivity contribution in [1.29, 1.82) is 0 Å². The Morgan fingerprint density at radius 1 is 1.35 bits per heavy atom. The van der Waals surface area contributed by atoms with Crippen molar-refractivity contribution >= 4 is 21.7 Å². The number of carbonyl (C=O) groups is 2. The van der Waals surface area contributed by atoms with Crippen LogP contribution in [0.15, 0.2) is 0 Å². The van der Waals surface area contributed by atoms with Gasteiger partial charge in [0.1, 0.15) is 5.41 Å². The summed E-state index contributed by atoms with van der Waals surface area (Å²) in [5.74, 6) is -0.774. The van der Waals surface area contributed by atoms with Crippen molar-refractivity contribution < 1.29 is 22.7 Å². The Hall–Kier alpha value is -1.11. The van der Waals surface area contributed by atoms with Crippen LogP contribution in [-0.4, -0.2) is 45.5 Å². The molecule has 1 N–H and O–H groups in total. The zero-order valence-corrected chi connectivity index (χ0v) is 13.5. The molecule has 1 aliphatic rings. The Kier molecular flexibility index (Phi) is 4.53. The largest absolute Gasteiger partial charge is 0.469 e. The van der Waals surface area contributed by atoms with Crippen LogP contribution in [0.4, 0.5) is 0 Å². The summed E-state index contributed by atoms with van der Waals surface area (Å²) in [7, 11) is -2.11. The van der Waals surface area contributed by atoms with Gasteiger partial charge in [-0.1, -0.05) is 20.8 Å². The lowest BCUT2D eigenvalue weighted by Gasteiger charge is -2.19. The van der Waals surface area contributed by atoms with Crippen LogP contribution in [0.5, 0.6) is 0 Å². The molecule has 1 saturated carbocycles. The Morgan fingerprint density at radius 3 is 2.25 bits per heavy atom. The Balaban J connectivity index is 2.72. The van der Waals surface area contributed by atoms with Crippen LogP contribution >= 0.6 is 0 Å². The number of carbonyl (C=O) groups excluding carboxylic acids is 2. The molecular weight excluding hydrogens is 282 g/mol. The van der Waals surface area contributed by atoms with E-state index in [0.717, 1.165) is 6.26 Å². The number of ether oxygens (including phenoxy) is 1. The lowest BCUT2D eigenvalue weighted by atomic mass is 9.92. The Bertz CT molecular complexity index is 505. The summed E-state index contributed by atoms with van der Waals surface area (Å²) in [6.07, 6.45) is 1.61. The average molecular weight is 305 g/mol. The maximum Gasteiger partial charge on any atom is 0.314 e. The lowest BCUT2D eigenvalue weighted by molar-refractivity contribution is -0.147. The summed E-state index contributed by atoms with van der Waals surface area (Å²) in [6, 6.07) is 0. The third-order valence-electron chi connectivity index (χ3n) is 3.41. The molecule has 0 aromatic rings. The van der Waals surface area contributed by atoms with Crippen molar-refractivity contribution in [2.24, 2.45) is 10.8 Å². The molecule has 1 amide bonds. The number of methoxy groups -OCH3 is 1. The van der Waals surface area contributed by atoms with E-state index in [1.807, 2.05) is 20.8 Å². The molecule has 0 bridgehead atoms. The van der Waals surface area contributed by atoms with Crippen molar-refractivity contribution in [2.75, 3.05) is 19.9 Å². The summed E-state index contributed by atoms with van der Waals surface area (Å²) in [5.41, 5.74) is -1.28. The molecule has 0 unspecified atom stereocenters. The first-order valence-electron chi connectivity index (χ1n) is 6.46. The van der Waals surface area contributed by atoms with E-state index in [0.29, 0.717) is 6.42 Å². The number of sulfone groups is 1. The number of hydrogen-bond donors (Lipinski definition) is 1. The minimum Gasteiger partial charge on any atom is -0.469 e. The van der Waals surface area contributed by atoms with E-state index in [-0.39, 0.29) is 24.3 Å². The van der Waals surface area contributed by atoms with E-state index >= 15 is 0 Å². The van der Waals surface area contributed by atoms with Gasteiger partial charge in [0.25, 0.3) is 0 Å². The second-order valence-corrected chi connectivity index (χ2v) is 8.91. The van der Waals surface area contributed by atoms with Gasteiger partial charge in [0.2, 0.25) is 5.91 Å². The van der Waals surface area contributed by atoms with E-state index in [4.69, 9.17) is 0 Å². The predicted octanol–water partition coefficient (Wildman–Crippen LogP) is 0.515. The first-order valence-corrected chi connectivity index (χ1v) is 8.42. The Morgan fingerprint density at radius 2 is 1.90 bits per heavy atom. The van der Waals surface area contributed by atoms with Gasteiger partial charge in [-0.05, 0) is 11.8 Å². The van der Waals surface area contributed by atoms with E-state index in [9.17, 15) is 18.0 Å². The van der Waals surface area contributed by atoms with Crippen LogP contribution in [0.25, 0.3) is 0 Å². The van der Waals surface area contributed by atoms with Crippen molar-refractivity contribution in [3.05, 3.63) is 0 Å². The summed E-state index contributed by atoms with van der Waals surface area (Å²) < 4.78 is 27.8. The van der Waals surface area contributed by atoms with Gasteiger partial charge >= 0.3 is 5.97 Å². The van der Waals surface area contributed by atoms with Gasteiger partial charge in [-0.3, -0.25) is 9.59 Å². The lowest BCUT2D eigenvalue weighted by Crippen LogP contribution is -2.39. The molecule has 116 valence electrons. The molecule has 7 heteroatoms. The van der Waals surface area contributed by atoms with Crippen LogP contribution in [-0.2, 0) is 24.2 Å². The fourth-order valence-corrected chi connectivity index (χ4v) is 3.91. The molecule has 0 aromatic heterocycles. The fourth-order valence-electron chi connectivity index (χ4n) is 2.31. The maximum atomic E-state index is 11.8. The third-order valence-corrected chi connectivity index (χ3v) is 5.06. The molecule has 0 aromatic carbocycles. The second kappa shape index (κ2) is 5.35. The third kappa shape index (κ3) is 3.94. The summed E-state index contributed by atoms with van der Waals surface area (Å²) in [4.78, 5) is 23.6. The number of nitrogens with one attached hydrogen (secondary N) is 1. The number of hydrogen-bond acceptors (Lipinski definition) is 5. The van der Waals surface area contributed by atoms with Gasteiger partial charge in [0.05, 0.1) is 12.4 Å². The zero-order chi connectivity index (χ0) is 15.8. The molecule has 6 nitrogen and oxygen atoms in total. The summed E-state index contributed by atoms with van der Waals surface area (Å²) >= 11 is 0. The van der Waals surface area contributed by atoms with Gasteiger partial charge in [-0.2, -0.15) is 0 Å². The van der Waals surface area contributed by atoms with E-state index in [1.54, 1.807) is 0 Å². The topological polar surface area (TPSA) is 89.5 Å². The zero-order valence-electron chi connectivity index (χ0n) is 12.6. The highest BCUT2D eigenvalue weighted by Crippen LogP contribution is 2.51. The highest BCUT2D eigenvalue weighted by molar-refractivity contribution is 7.91. The first-order chi connectivity index (χ1) is 8.92. The molecule has 1 aliphatic carbocycles. The summed E-state index contributed by atoms with van der Waals surface area (Å²) in [5, 5.41) is 1.89. The standard InChI is InChI=1S/C13H23NO5S/c1-12(2,3)7-10(15)14-8-13(11(16)19-4)6-9(13)20(5,17)18/h9H,6-8H2,1-5H3,(H,14,15)/t9-,13+/m0/s1. The molecule has 2 atom stereocenters. The van der Waals surface area contributed by atoms with Crippen LogP contribution < -0.4 is 5.32 Å². The van der Waals surface area contributed by atoms with Crippen LogP contribution in [0.3, 0.4) is 0 Å². The molecule has 20 heavy (non-hydrogen) atoms. The smallest absolute Gasteiger partial charge is 0.314 e. The van der Waals surface area contributed by atoms with Crippen LogP contribution in [0.2, 0.25) is 0 Å². The second-order valence-electron chi connectivity index (χ2n) is 6.68. The fraction of sp³-hybridized carbons (Fsp3) is 0.846. The molecule has 1 fully saturated rings. The number of rotatable bonds is 5. The monoisotopic (exact) mass is 305 g/mol. The number of esters is 1. The molecular formula is C13H23NO5S. The highest BCUT2D eigenvalue weighted by Gasteiger charge is 2.66. The SMILES string of the molecule is COC(=O)[C@@]1(CNC(=O)CC(C)(C)C)C[C@@H]1S(C)(=O)=O. The van der Waals surface area contributed by atoms with E-state index in [2.05, 4.69) is 10.1 Å². The predicted molar refractivity (Wildman–Crippen MR) is 74.8 cm³/mol. The molecule has 1 rings (SSSR count). The van der Waals surface area contributed by atoms with E-state index < -0.39 is 26.5 Å². The Labute approximate surface area is 120 Å². The van der Waals surface area contributed by atoms with Gasteiger partial charge in [-0.15, -0.1) is 0 Å². The van der Waals surface area contributed by atoms with Gasteiger partial charge in [-0.25, -0.2) is 8.42 Å². The minimum absolute atomic E-state index is 0.00627. The van der Waals surface area contributed by atoms with Crippen molar-refractivity contribution in [2.45, 2.75) is 38.9 Å². The van der Waals surface area contributed by atoms with Gasteiger partial charge in [0, 0.05) is 19.2 Å². The molecule has 0 saturated heterocycles. The number of amides is 1. The van der Waals surface area contributed by atoms with Crippen molar-refractivity contribution in [3.8, 4) is 0 Å². The van der Waals surface area contributed by atoms with Crippen LogP contribution in [0, 0.1) is 10.8 Å².